The van der Waals surface area contributed by atoms with Gasteiger partial charge in [0, 0.05) is 18.6 Å². The molecule has 2 aromatic heterocycles. The van der Waals surface area contributed by atoms with Gasteiger partial charge in [-0.25, -0.2) is 0 Å². The summed E-state index contributed by atoms with van der Waals surface area (Å²) in [5.41, 5.74) is 5.29. The van der Waals surface area contributed by atoms with Crippen molar-refractivity contribution in [3.63, 3.8) is 0 Å². The maximum absolute atomic E-state index is 2.30. The van der Waals surface area contributed by atoms with Gasteiger partial charge in [0.05, 0.1) is 4.88 Å². The molecular formula is C16H16NS+. The zero-order valence-corrected chi connectivity index (χ0v) is 11.7. The molecule has 2 heterocycles. The number of hydrogen-bond donors (Lipinski definition) is 0. The molecule has 0 aliphatic rings. The van der Waals surface area contributed by atoms with Crippen LogP contribution >= 0.6 is 11.3 Å². The predicted octanol–water partition coefficient (Wildman–Crippen LogP) is 4.08. The highest BCUT2D eigenvalue weighted by Crippen LogP contribution is 2.26. The van der Waals surface area contributed by atoms with Gasteiger partial charge in [0.1, 0.15) is 0 Å². The molecule has 1 aromatic carbocycles. The maximum Gasteiger partial charge on any atom is 0.268 e. The minimum absolute atomic E-state index is 1.29. The number of benzene rings is 1. The Balaban J connectivity index is 2.29. The normalized spacial score (nSPS) is 11.1. The first kappa shape index (κ1) is 11.4. The van der Waals surface area contributed by atoms with Gasteiger partial charge in [-0.2, -0.15) is 4.40 Å². The van der Waals surface area contributed by atoms with Crippen LogP contribution in [-0.2, 0) is 0 Å². The van der Waals surface area contributed by atoms with Gasteiger partial charge in [-0.1, -0.05) is 41.7 Å². The van der Waals surface area contributed by atoms with Crippen molar-refractivity contribution in [3.05, 3.63) is 58.7 Å². The summed E-state index contributed by atoms with van der Waals surface area (Å²) < 4.78 is 2.29. The SMILES string of the molecule is Cc1c[n+]2c(C)c(C)sc2cc1-c1ccccc1. The lowest BCUT2D eigenvalue weighted by Gasteiger charge is -2.03. The Labute approximate surface area is 111 Å². The summed E-state index contributed by atoms with van der Waals surface area (Å²) in [6.45, 7) is 6.55. The molecule has 0 unspecified atom stereocenters. The number of hydrogen-bond acceptors (Lipinski definition) is 1. The summed E-state index contributed by atoms with van der Waals surface area (Å²) in [4.78, 5) is 2.70. The van der Waals surface area contributed by atoms with E-state index >= 15 is 0 Å². The molecule has 0 amide bonds. The van der Waals surface area contributed by atoms with Crippen LogP contribution in [0.5, 0.6) is 0 Å². The third kappa shape index (κ3) is 1.73. The molecule has 2 heteroatoms. The molecule has 3 rings (SSSR count). The zero-order chi connectivity index (χ0) is 12.7. The molecular weight excluding hydrogens is 238 g/mol. The molecule has 0 radical (unpaired) electrons. The van der Waals surface area contributed by atoms with Crippen molar-refractivity contribution in [2.75, 3.05) is 0 Å². The second kappa shape index (κ2) is 4.21. The van der Waals surface area contributed by atoms with E-state index in [9.17, 15) is 0 Å². The van der Waals surface area contributed by atoms with Gasteiger partial charge < -0.3 is 0 Å². The third-order valence-corrected chi connectivity index (χ3v) is 4.59. The number of rotatable bonds is 1. The summed E-state index contributed by atoms with van der Waals surface area (Å²) in [5.74, 6) is 0. The van der Waals surface area contributed by atoms with Crippen LogP contribution < -0.4 is 4.40 Å². The van der Waals surface area contributed by atoms with Crippen molar-refractivity contribution in [2.24, 2.45) is 0 Å². The Morgan fingerprint density at radius 1 is 1.00 bits per heavy atom. The molecule has 0 aliphatic carbocycles. The standard InChI is InChI=1S/C16H16NS/c1-11-10-17-12(2)13(3)18-16(17)9-15(11)14-7-5-4-6-8-14/h4-10H,1-3H3/q+1. The lowest BCUT2D eigenvalue weighted by molar-refractivity contribution is -0.515. The first-order valence-corrected chi connectivity index (χ1v) is 6.96. The van der Waals surface area contributed by atoms with Gasteiger partial charge in [-0.3, -0.25) is 0 Å². The Morgan fingerprint density at radius 2 is 1.72 bits per heavy atom. The monoisotopic (exact) mass is 254 g/mol. The molecule has 0 spiro atoms. The number of pyridine rings is 1. The topological polar surface area (TPSA) is 4.10 Å². The number of thiazole rings is 1. The maximum atomic E-state index is 2.30. The second-order valence-electron chi connectivity index (χ2n) is 4.69. The molecule has 0 aliphatic heterocycles. The van der Waals surface area contributed by atoms with Crippen molar-refractivity contribution < 1.29 is 4.40 Å². The molecule has 0 N–H and O–H groups in total. The van der Waals surface area contributed by atoms with Crippen LogP contribution in [0.2, 0.25) is 0 Å². The molecule has 0 saturated carbocycles. The van der Waals surface area contributed by atoms with E-state index in [1.165, 1.54) is 32.1 Å². The molecule has 1 nitrogen and oxygen atoms in total. The molecule has 90 valence electrons. The minimum atomic E-state index is 1.29. The van der Waals surface area contributed by atoms with Crippen LogP contribution in [0.3, 0.4) is 0 Å². The van der Waals surface area contributed by atoms with E-state index < -0.39 is 0 Å². The van der Waals surface area contributed by atoms with Gasteiger partial charge >= 0.3 is 0 Å². The fourth-order valence-electron chi connectivity index (χ4n) is 2.30. The number of aromatic nitrogens is 1. The van der Waals surface area contributed by atoms with Crippen molar-refractivity contribution >= 4 is 16.2 Å². The van der Waals surface area contributed by atoms with Crippen LogP contribution in [-0.4, -0.2) is 0 Å². The quantitative estimate of drug-likeness (QED) is 0.576. The van der Waals surface area contributed by atoms with Crippen LogP contribution in [0.15, 0.2) is 42.6 Å². The van der Waals surface area contributed by atoms with Gasteiger partial charge in [0.2, 0.25) is 0 Å². The van der Waals surface area contributed by atoms with E-state index in [-0.39, 0.29) is 0 Å². The molecule has 0 saturated heterocycles. The predicted molar refractivity (Wildman–Crippen MR) is 77.1 cm³/mol. The highest BCUT2D eigenvalue weighted by Gasteiger charge is 2.16. The Morgan fingerprint density at radius 3 is 2.44 bits per heavy atom. The van der Waals surface area contributed by atoms with E-state index in [2.05, 4.69) is 67.8 Å². The molecule has 0 atom stereocenters. The van der Waals surface area contributed by atoms with Crippen molar-refractivity contribution in [1.29, 1.82) is 0 Å². The summed E-state index contributed by atoms with van der Waals surface area (Å²) >= 11 is 1.86. The van der Waals surface area contributed by atoms with Gasteiger partial charge in [-0.15, -0.1) is 0 Å². The molecule has 0 fully saturated rings. The minimum Gasteiger partial charge on any atom is -0.154 e. The lowest BCUT2D eigenvalue weighted by atomic mass is 10.0. The average molecular weight is 254 g/mol. The highest BCUT2D eigenvalue weighted by atomic mass is 32.1. The fraction of sp³-hybridized carbons (Fsp3) is 0.188. The van der Waals surface area contributed by atoms with E-state index in [1.807, 2.05) is 11.3 Å². The Bertz CT molecular complexity index is 711. The van der Waals surface area contributed by atoms with Crippen molar-refractivity contribution in [2.45, 2.75) is 20.8 Å². The highest BCUT2D eigenvalue weighted by molar-refractivity contribution is 7.16. The first-order chi connectivity index (χ1) is 8.66. The smallest absolute Gasteiger partial charge is 0.154 e. The Kier molecular flexibility index (Phi) is 2.67. The second-order valence-corrected chi connectivity index (χ2v) is 5.92. The fourth-order valence-corrected chi connectivity index (χ4v) is 3.33. The van der Waals surface area contributed by atoms with Crippen molar-refractivity contribution in [3.8, 4) is 11.1 Å². The number of aryl methyl sites for hydroxylation is 3. The summed E-state index contributed by atoms with van der Waals surface area (Å²) in [6.07, 6.45) is 2.25. The molecule has 18 heavy (non-hydrogen) atoms. The largest absolute Gasteiger partial charge is 0.268 e. The van der Waals surface area contributed by atoms with Gasteiger partial charge in [0.15, 0.2) is 11.9 Å². The zero-order valence-electron chi connectivity index (χ0n) is 10.9. The van der Waals surface area contributed by atoms with E-state index in [1.54, 1.807) is 0 Å². The summed E-state index contributed by atoms with van der Waals surface area (Å²) in [7, 11) is 0. The summed E-state index contributed by atoms with van der Waals surface area (Å²) in [6, 6.07) is 12.9. The van der Waals surface area contributed by atoms with Crippen LogP contribution in [0, 0.1) is 20.8 Å². The van der Waals surface area contributed by atoms with Crippen LogP contribution in [0.25, 0.3) is 16.0 Å². The lowest BCUT2D eigenvalue weighted by Crippen LogP contribution is -2.22. The average Bonchev–Trinajstić information content (AvgIpc) is 2.66. The van der Waals surface area contributed by atoms with E-state index in [0.717, 1.165) is 0 Å². The van der Waals surface area contributed by atoms with Crippen LogP contribution in [0.4, 0.5) is 0 Å². The summed E-state index contributed by atoms with van der Waals surface area (Å²) in [5, 5.41) is 0. The van der Waals surface area contributed by atoms with Crippen LogP contribution in [0.1, 0.15) is 16.1 Å². The molecule has 3 aromatic rings. The first-order valence-electron chi connectivity index (χ1n) is 6.14. The third-order valence-electron chi connectivity index (χ3n) is 3.47. The van der Waals surface area contributed by atoms with Gasteiger partial charge in [-0.05, 0) is 25.0 Å². The van der Waals surface area contributed by atoms with Gasteiger partial charge in [0.25, 0.3) is 4.83 Å². The van der Waals surface area contributed by atoms with Crippen molar-refractivity contribution in [1.82, 2.24) is 0 Å². The molecule has 0 bridgehead atoms. The Hall–Kier alpha value is -1.67. The number of fused-ring (bicyclic) bond motifs is 1. The van der Waals surface area contributed by atoms with E-state index in [4.69, 9.17) is 0 Å². The number of nitrogens with zero attached hydrogens (tertiary/aromatic N) is 1. The van der Waals surface area contributed by atoms with E-state index in [0.29, 0.717) is 0 Å².